The van der Waals surface area contributed by atoms with Gasteiger partial charge in [-0.2, -0.15) is 0 Å². The van der Waals surface area contributed by atoms with Crippen LogP contribution in [-0.4, -0.2) is 74.0 Å². The maximum Gasteiger partial charge on any atom is 0.326 e. The van der Waals surface area contributed by atoms with E-state index in [1.54, 1.807) is 13.8 Å². The minimum Gasteiger partial charge on any atom is -0.481 e. The summed E-state index contributed by atoms with van der Waals surface area (Å²) in [6.07, 6.45) is 3.48. The van der Waals surface area contributed by atoms with Gasteiger partial charge >= 0.3 is 11.9 Å². The first kappa shape index (κ1) is 30.6. The van der Waals surface area contributed by atoms with E-state index in [-0.39, 0.29) is 31.1 Å². The van der Waals surface area contributed by atoms with Crippen LogP contribution in [-0.2, 0) is 30.4 Å². The summed E-state index contributed by atoms with van der Waals surface area (Å²) < 4.78 is 0. The van der Waals surface area contributed by atoms with Gasteiger partial charge in [-0.25, -0.2) is 9.78 Å². The molecule has 3 amide bonds. The lowest BCUT2D eigenvalue weighted by atomic mass is 9.95. The number of nitrogens with zero attached hydrogens (tertiary/aromatic N) is 1. The van der Waals surface area contributed by atoms with E-state index >= 15 is 0 Å². The molecule has 0 fully saturated rings. The Bertz CT molecular complexity index is 892. The van der Waals surface area contributed by atoms with Crippen LogP contribution in [0.25, 0.3) is 0 Å². The summed E-state index contributed by atoms with van der Waals surface area (Å²) in [6.45, 7) is 7.09. The summed E-state index contributed by atoms with van der Waals surface area (Å²) in [5.74, 6) is -5.00. The van der Waals surface area contributed by atoms with Crippen molar-refractivity contribution in [1.82, 2.24) is 25.9 Å². The quantitative estimate of drug-likeness (QED) is 0.156. The van der Waals surface area contributed by atoms with E-state index in [1.165, 1.54) is 12.5 Å². The Balaban J connectivity index is 3.08. The van der Waals surface area contributed by atoms with E-state index < -0.39 is 53.8 Å². The Morgan fingerprint density at radius 3 is 2.03 bits per heavy atom. The second-order valence-corrected chi connectivity index (χ2v) is 8.96. The molecular weight excluding hydrogens is 472 g/mol. The highest BCUT2D eigenvalue weighted by atomic mass is 16.4. The van der Waals surface area contributed by atoms with Crippen LogP contribution in [0.5, 0.6) is 0 Å². The van der Waals surface area contributed by atoms with E-state index in [9.17, 15) is 29.1 Å². The second kappa shape index (κ2) is 14.8. The van der Waals surface area contributed by atoms with Gasteiger partial charge in [0.1, 0.15) is 18.1 Å². The number of carboxylic acids is 2. The lowest BCUT2D eigenvalue weighted by molar-refractivity contribution is -0.144. The van der Waals surface area contributed by atoms with E-state index in [2.05, 4.69) is 25.9 Å². The van der Waals surface area contributed by atoms with Gasteiger partial charge in [-0.3, -0.25) is 19.2 Å². The molecular formula is C23H38N6O7. The number of carbonyl (C=O) groups excluding carboxylic acids is 3. The van der Waals surface area contributed by atoms with Crippen molar-refractivity contribution in [3.05, 3.63) is 18.2 Å². The van der Waals surface area contributed by atoms with Crippen molar-refractivity contribution in [2.45, 2.75) is 84.0 Å². The Labute approximate surface area is 210 Å². The third-order valence-electron chi connectivity index (χ3n) is 6.19. The molecule has 1 heterocycles. The number of amides is 3. The first-order valence-corrected chi connectivity index (χ1v) is 12.0. The van der Waals surface area contributed by atoms with Gasteiger partial charge in [0.2, 0.25) is 17.7 Å². The lowest BCUT2D eigenvalue weighted by Crippen LogP contribution is -2.59. The van der Waals surface area contributed by atoms with Crippen LogP contribution < -0.4 is 21.7 Å². The van der Waals surface area contributed by atoms with Gasteiger partial charge in [0.25, 0.3) is 0 Å². The van der Waals surface area contributed by atoms with Gasteiger partial charge in [0.15, 0.2) is 0 Å². The number of hydrogen-bond acceptors (Lipinski definition) is 7. The molecule has 0 spiro atoms. The first-order valence-electron chi connectivity index (χ1n) is 12.0. The number of aromatic amines is 1. The number of nitrogens with one attached hydrogen (secondary N) is 4. The van der Waals surface area contributed by atoms with Crippen LogP contribution in [0, 0.1) is 11.8 Å². The van der Waals surface area contributed by atoms with Crippen molar-refractivity contribution < 1.29 is 34.2 Å². The molecule has 6 unspecified atom stereocenters. The van der Waals surface area contributed by atoms with Gasteiger partial charge < -0.3 is 36.9 Å². The van der Waals surface area contributed by atoms with Crippen LogP contribution in [0.15, 0.2) is 12.5 Å². The molecule has 0 saturated carbocycles. The Hall–Kier alpha value is -3.48. The normalized spacial score (nSPS) is 16.0. The van der Waals surface area contributed by atoms with Crippen LogP contribution in [0.1, 0.15) is 59.1 Å². The summed E-state index contributed by atoms with van der Waals surface area (Å²) in [4.78, 5) is 68.1. The molecule has 1 aromatic heterocycles. The zero-order valence-electron chi connectivity index (χ0n) is 21.1. The molecule has 36 heavy (non-hydrogen) atoms. The van der Waals surface area contributed by atoms with E-state index in [0.717, 1.165) is 0 Å². The van der Waals surface area contributed by atoms with Gasteiger partial charge in [-0.05, 0) is 18.3 Å². The first-order chi connectivity index (χ1) is 16.9. The Morgan fingerprint density at radius 1 is 0.944 bits per heavy atom. The van der Waals surface area contributed by atoms with Gasteiger partial charge in [0.05, 0.1) is 12.4 Å². The molecule has 0 aliphatic heterocycles. The fraction of sp³-hybridized carbons (Fsp3) is 0.652. The number of rotatable bonds is 16. The van der Waals surface area contributed by atoms with Crippen LogP contribution in [0.2, 0.25) is 0 Å². The van der Waals surface area contributed by atoms with Crippen molar-refractivity contribution in [3.8, 4) is 0 Å². The highest BCUT2D eigenvalue weighted by molar-refractivity contribution is 5.94. The van der Waals surface area contributed by atoms with Crippen molar-refractivity contribution in [1.29, 1.82) is 0 Å². The number of H-pyrrole nitrogens is 1. The molecule has 0 radical (unpaired) electrons. The highest BCUT2D eigenvalue weighted by Crippen LogP contribution is 2.13. The number of hydrogen-bond donors (Lipinski definition) is 7. The molecule has 0 saturated heterocycles. The molecule has 0 bridgehead atoms. The maximum absolute atomic E-state index is 13.2. The van der Waals surface area contributed by atoms with Crippen LogP contribution in [0.4, 0.5) is 0 Å². The SMILES string of the molecule is CCC(C)C(NC(=O)C(NC(=O)C(Cc1cnc[nH]1)NC(=O)C(N)CCC(=O)O)C(C)CC)C(=O)O. The Morgan fingerprint density at radius 2 is 1.53 bits per heavy atom. The topological polar surface area (TPSA) is 217 Å². The predicted octanol–water partition coefficient (Wildman–Crippen LogP) is -0.224. The Kier molecular flexibility index (Phi) is 12.6. The molecule has 0 aliphatic rings. The number of aliphatic carboxylic acids is 2. The van der Waals surface area contributed by atoms with Crippen LogP contribution in [0.3, 0.4) is 0 Å². The molecule has 8 N–H and O–H groups in total. The van der Waals surface area contributed by atoms with E-state index in [4.69, 9.17) is 10.8 Å². The maximum atomic E-state index is 13.2. The third-order valence-corrected chi connectivity index (χ3v) is 6.19. The number of imidazole rings is 1. The average molecular weight is 511 g/mol. The minimum absolute atomic E-state index is 0.00267. The summed E-state index contributed by atoms with van der Waals surface area (Å²) in [6, 6.07) is -4.49. The fourth-order valence-corrected chi connectivity index (χ4v) is 3.40. The van der Waals surface area contributed by atoms with Crippen molar-refractivity contribution in [2.75, 3.05) is 0 Å². The van der Waals surface area contributed by atoms with Crippen LogP contribution >= 0.6 is 0 Å². The lowest BCUT2D eigenvalue weighted by Gasteiger charge is -2.29. The average Bonchev–Trinajstić information content (AvgIpc) is 3.35. The fourth-order valence-electron chi connectivity index (χ4n) is 3.40. The standard InChI is InChI=1S/C23H38N6O7/c1-5-12(3)18(22(34)29-19(23(35)36)13(4)6-2)28-21(33)16(9-14-10-25-11-26-14)27-20(32)15(24)7-8-17(30)31/h10-13,15-16,18-19H,5-9,24H2,1-4H3,(H,25,26)(H,27,32)(H,28,33)(H,29,34)(H,30,31)(H,35,36). The van der Waals surface area contributed by atoms with Crippen molar-refractivity contribution in [2.24, 2.45) is 17.6 Å². The number of carbonyl (C=O) groups is 5. The highest BCUT2D eigenvalue weighted by Gasteiger charge is 2.34. The molecule has 1 rings (SSSR count). The summed E-state index contributed by atoms with van der Waals surface area (Å²) in [7, 11) is 0. The second-order valence-electron chi connectivity index (χ2n) is 8.96. The van der Waals surface area contributed by atoms with E-state index in [1.807, 2.05) is 13.8 Å². The molecule has 13 nitrogen and oxygen atoms in total. The number of carboxylic acid groups (broad SMARTS) is 2. The predicted molar refractivity (Wildman–Crippen MR) is 129 cm³/mol. The molecule has 0 aromatic carbocycles. The van der Waals surface area contributed by atoms with Crippen molar-refractivity contribution in [3.63, 3.8) is 0 Å². The van der Waals surface area contributed by atoms with Crippen molar-refractivity contribution >= 4 is 29.7 Å². The largest absolute Gasteiger partial charge is 0.481 e. The number of nitrogens with two attached hydrogens (primary N) is 1. The summed E-state index contributed by atoms with van der Waals surface area (Å²) >= 11 is 0. The molecule has 13 heteroatoms. The number of aromatic nitrogens is 2. The zero-order chi connectivity index (χ0) is 27.4. The smallest absolute Gasteiger partial charge is 0.326 e. The third kappa shape index (κ3) is 9.64. The monoisotopic (exact) mass is 510 g/mol. The molecule has 1 aromatic rings. The molecule has 6 atom stereocenters. The molecule has 0 aliphatic carbocycles. The van der Waals surface area contributed by atoms with Gasteiger partial charge in [-0.1, -0.05) is 40.5 Å². The van der Waals surface area contributed by atoms with Gasteiger partial charge in [0, 0.05) is 24.7 Å². The minimum atomic E-state index is -1.17. The van der Waals surface area contributed by atoms with Gasteiger partial charge in [-0.15, -0.1) is 0 Å². The van der Waals surface area contributed by atoms with E-state index in [0.29, 0.717) is 18.5 Å². The summed E-state index contributed by atoms with van der Waals surface area (Å²) in [5, 5.41) is 26.1. The summed E-state index contributed by atoms with van der Waals surface area (Å²) in [5.41, 5.74) is 6.31. The zero-order valence-corrected chi connectivity index (χ0v) is 21.1. The molecule has 202 valence electrons.